The van der Waals surface area contributed by atoms with Crippen molar-refractivity contribution in [3.05, 3.63) is 71.8 Å². The number of rotatable bonds is 5. The Morgan fingerprint density at radius 1 is 1.16 bits per heavy atom. The number of hydrazone groups is 1. The number of hydrogen-bond donors (Lipinski definition) is 2. The van der Waals surface area contributed by atoms with Crippen molar-refractivity contribution in [2.24, 2.45) is 5.10 Å². The number of nitrogens with one attached hydrogen (secondary N) is 1. The second-order valence-corrected chi connectivity index (χ2v) is 5.62. The molecule has 3 aromatic rings. The number of phenolic OH excluding ortho intramolecular Hbond substituents is 1. The summed E-state index contributed by atoms with van der Waals surface area (Å²) in [5.74, 6) is 0.357. The van der Waals surface area contributed by atoms with E-state index in [4.69, 9.17) is 4.74 Å². The van der Waals surface area contributed by atoms with Crippen LogP contribution < -0.4 is 10.2 Å². The summed E-state index contributed by atoms with van der Waals surface area (Å²) in [6.07, 6.45) is 1.43. The van der Waals surface area contributed by atoms with Gasteiger partial charge in [-0.2, -0.15) is 5.10 Å². The van der Waals surface area contributed by atoms with Crippen molar-refractivity contribution in [3.8, 4) is 11.5 Å². The van der Waals surface area contributed by atoms with Gasteiger partial charge in [-0.15, -0.1) is 0 Å². The van der Waals surface area contributed by atoms with Gasteiger partial charge in [-0.3, -0.25) is 4.79 Å². The Labute approximate surface area is 145 Å². The molecule has 1 amide bonds. The molecule has 0 saturated heterocycles. The molecule has 25 heavy (non-hydrogen) atoms. The maximum absolute atomic E-state index is 11.8. The van der Waals surface area contributed by atoms with Crippen LogP contribution in [0.1, 0.15) is 11.1 Å². The molecule has 126 valence electrons. The van der Waals surface area contributed by atoms with E-state index in [0.717, 1.165) is 16.3 Å². The molecule has 0 aromatic heterocycles. The number of amides is 1. The number of aromatic hydroxyl groups is 1. The third-order valence-electron chi connectivity index (χ3n) is 3.69. The first-order chi connectivity index (χ1) is 12.1. The second-order valence-electron chi connectivity index (χ2n) is 5.62. The molecule has 0 bridgehead atoms. The van der Waals surface area contributed by atoms with Gasteiger partial charge < -0.3 is 9.84 Å². The molecule has 3 aromatic carbocycles. The highest BCUT2D eigenvalue weighted by molar-refractivity contribution is 6.02. The van der Waals surface area contributed by atoms with Gasteiger partial charge in [0.25, 0.3) is 5.91 Å². The summed E-state index contributed by atoms with van der Waals surface area (Å²) < 4.78 is 5.41. The van der Waals surface area contributed by atoms with Gasteiger partial charge in [0, 0.05) is 5.56 Å². The fourth-order valence-electron chi connectivity index (χ4n) is 2.47. The number of phenols is 1. The first-order valence-electron chi connectivity index (χ1n) is 7.85. The molecule has 0 aliphatic carbocycles. The molecule has 0 radical (unpaired) electrons. The van der Waals surface area contributed by atoms with E-state index in [2.05, 4.69) is 10.5 Å². The Bertz CT molecular complexity index is 935. The van der Waals surface area contributed by atoms with E-state index >= 15 is 0 Å². The lowest BCUT2D eigenvalue weighted by molar-refractivity contribution is -0.123. The summed E-state index contributed by atoms with van der Waals surface area (Å²) in [6, 6.07) is 18.5. The monoisotopic (exact) mass is 334 g/mol. The van der Waals surface area contributed by atoms with Gasteiger partial charge in [0.1, 0.15) is 11.5 Å². The van der Waals surface area contributed by atoms with Crippen LogP contribution in [0, 0.1) is 6.92 Å². The molecular weight excluding hydrogens is 316 g/mol. The molecule has 0 unspecified atom stereocenters. The van der Waals surface area contributed by atoms with Gasteiger partial charge in [-0.05, 0) is 41.5 Å². The van der Waals surface area contributed by atoms with Gasteiger partial charge >= 0.3 is 0 Å². The molecule has 3 rings (SSSR count). The maximum atomic E-state index is 11.8. The molecular formula is C20H18N2O3. The van der Waals surface area contributed by atoms with E-state index in [0.29, 0.717) is 11.3 Å². The van der Waals surface area contributed by atoms with Crippen molar-refractivity contribution in [3.63, 3.8) is 0 Å². The molecule has 0 spiro atoms. The van der Waals surface area contributed by atoms with Crippen LogP contribution in [-0.2, 0) is 4.79 Å². The standard InChI is InChI=1S/C20H18N2O3/c1-14-5-4-7-16(11-14)25-13-20(24)22-21-12-18-17-8-3-2-6-15(17)9-10-19(18)23/h2-12,23H,13H2,1H3,(H,22,24)/b21-12+. The normalized spacial score (nSPS) is 10.9. The number of hydrogen-bond acceptors (Lipinski definition) is 4. The minimum absolute atomic E-state index is 0.104. The van der Waals surface area contributed by atoms with Gasteiger partial charge in [-0.1, -0.05) is 42.5 Å². The maximum Gasteiger partial charge on any atom is 0.277 e. The van der Waals surface area contributed by atoms with Gasteiger partial charge in [-0.25, -0.2) is 5.43 Å². The van der Waals surface area contributed by atoms with E-state index in [1.54, 1.807) is 12.1 Å². The Morgan fingerprint density at radius 3 is 2.84 bits per heavy atom. The second kappa shape index (κ2) is 7.49. The van der Waals surface area contributed by atoms with E-state index in [1.165, 1.54) is 6.21 Å². The van der Waals surface area contributed by atoms with Crippen LogP contribution in [0.4, 0.5) is 0 Å². The highest BCUT2D eigenvalue weighted by Crippen LogP contribution is 2.25. The van der Waals surface area contributed by atoms with Crippen molar-refractivity contribution >= 4 is 22.9 Å². The minimum atomic E-state index is -0.377. The van der Waals surface area contributed by atoms with Gasteiger partial charge in [0.2, 0.25) is 0 Å². The van der Waals surface area contributed by atoms with E-state index < -0.39 is 0 Å². The van der Waals surface area contributed by atoms with Crippen LogP contribution in [0.5, 0.6) is 11.5 Å². The summed E-state index contributed by atoms with van der Waals surface area (Å²) in [7, 11) is 0. The van der Waals surface area contributed by atoms with Crippen molar-refractivity contribution < 1.29 is 14.6 Å². The fourth-order valence-corrected chi connectivity index (χ4v) is 2.47. The zero-order chi connectivity index (χ0) is 17.6. The molecule has 0 aliphatic rings. The zero-order valence-electron chi connectivity index (χ0n) is 13.8. The first kappa shape index (κ1) is 16.5. The molecule has 5 heteroatoms. The quantitative estimate of drug-likeness (QED) is 0.555. The SMILES string of the molecule is Cc1cccc(OCC(=O)N/N=C/c2c(O)ccc3ccccc23)c1. The fraction of sp³-hybridized carbons (Fsp3) is 0.100. The van der Waals surface area contributed by atoms with Crippen molar-refractivity contribution in [2.45, 2.75) is 6.92 Å². The average molecular weight is 334 g/mol. The van der Waals surface area contributed by atoms with Crippen LogP contribution in [0.15, 0.2) is 65.8 Å². The summed E-state index contributed by atoms with van der Waals surface area (Å²) in [5, 5.41) is 15.8. The summed E-state index contributed by atoms with van der Waals surface area (Å²) in [5.41, 5.74) is 4.01. The lowest BCUT2D eigenvalue weighted by Gasteiger charge is -2.06. The van der Waals surface area contributed by atoms with E-state index in [9.17, 15) is 9.90 Å². The number of fused-ring (bicyclic) bond motifs is 1. The highest BCUT2D eigenvalue weighted by Gasteiger charge is 2.05. The third-order valence-corrected chi connectivity index (χ3v) is 3.69. The van der Waals surface area contributed by atoms with Crippen LogP contribution in [-0.4, -0.2) is 23.8 Å². The van der Waals surface area contributed by atoms with Gasteiger partial charge in [0.05, 0.1) is 6.21 Å². The van der Waals surface area contributed by atoms with Gasteiger partial charge in [0.15, 0.2) is 6.61 Å². The lowest BCUT2D eigenvalue weighted by atomic mass is 10.0. The number of carbonyl (C=O) groups excluding carboxylic acids is 1. The molecule has 0 saturated carbocycles. The van der Waals surface area contributed by atoms with Crippen molar-refractivity contribution in [1.82, 2.24) is 5.43 Å². The van der Waals surface area contributed by atoms with Crippen molar-refractivity contribution in [2.75, 3.05) is 6.61 Å². The number of nitrogens with zero attached hydrogens (tertiary/aromatic N) is 1. The van der Waals surface area contributed by atoms with Crippen LogP contribution >= 0.6 is 0 Å². The van der Waals surface area contributed by atoms with Crippen LogP contribution in [0.3, 0.4) is 0 Å². The van der Waals surface area contributed by atoms with E-state index in [1.807, 2.05) is 55.5 Å². The first-order valence-corrected chi connectivity index (χ1v) is 7.85. The number of aryl methyl sites for hydroxylation is 1. The molecule has 2 N–H and O–H groups in total. The predicted molar refractivity (Wildman–Crippen MR) is 98.0 cm³/mol. The molecule has 5 nitrogen and oxygen atoms in total. The largest absolute Gasteiger partial charge is 0.507 e. The zero-order valence-corrected chi connectivity index (χ0v) is 13.8. The third kappa shape index (κ3) is 4.14. The number of benzene rings is 3. The molecule has 0 heterocycles. The van der Waals surface area contributed by atoms with E-state index in [-0.39, 0.29) is 18.3 Å². The van der Waals surface area contributed by atoms with Crippen molar-refractivity contribution in [1.29, 1.82) is 0 Å². The number of carbonyl (C=O) groups is 1. The Kier molecular flexibility index (Phi) is 4.95. The molecule has 0 atom stereocenters. The smallest absolute Gasteiger partial charge is 0.277 e. The predicted octanol–water partition coefficient (Wildman–Crippen LogP) is 3.38. The van der Waals surface area contributed by atoms with Crippen LogP contribution in [0.25, 0.3) is 10.8 Å². The highest BCUT2D eigenvalue weighted by atomic mass is 16.5. The Balaban J connectivity index is 1.63. The lowest BCUT2D eigenvalue weighted by Crippen LogP contribution is -2.24. The molecule has 0 fully saturated rings. The minimum Gasteiger partial charge on any atom is -0.507 e. The summed E-state index contributed by atoms with van der Waals surface area (Å²) in [4.78, 5) is 11.8. The Morgan fingerprint density at radius 2 is 2.00 bits per heavy atom. The molecule has 0 aliphatic heterocycles. The van der Waals surface area contributed by atoms with Crippen LogP contribution in [0.2, 0.25) is 0 Å². The summed E-state index contributed by atoms with van der Waals surface area (Å²) >= 11 is 0. The average Bonchev–Trinajstić information content (AvgIpc) is 2.62. The summed E-state index contributed by atoms with van der Waals surface area (Å²) in [6.45, 7) is 1.82. The Hall–Kier alpha value is -3.34. The number of ether oxygens (including phenoxy) is 1. The topological polar surface area (TPSA) is 70.9 Å².